The number of amides is 1. The second-order valence-electron chi connectivity index (χ2n) is 7.93. The van der Waals surface area contributed by atoms with Gasteiger partial charge >= 0.3 is 0 Å². The van der Waals surface area contributed by atoms with Crippen LogP contribution in [0.15, 0.2) is 36.5 Å². The molecule has 2 aromatic rings. The van der Waals surface area contributed by atoms with E-state index in [-0.39, 0.29) is 24.4 Å². The highest BCUT2D eigenvalue weighted by Crippen LogP contribution is 2.41. The monoisotopic (exact) mass is 430 g/mol. The van der Waals surface area contributed by atoms with E-state index in [9.17, 15) is 4.79 Å². The zero-order chi connectivity index (χ0) is 19.7. The second kappa shape index (κ2) is 8.98. The van der Waals surface area contributed by atoms with Crippen LogP contribution < -0.4 is 5.32 Å². The smallest absolute Gasteiger partial charge is 0.242 e. The highest BCUT2D eigenvalue weighted by molar-refractivity contribution is 5.85. The van der Waals surface area contributed by atoms with Crippen molar-refractivity contribution < 1.29 is 14.3 Å². The summed E-state index contributed by atoms with van der Waals surface area (Å²) < 4.78 is 11.8. The summed E-state index contributed by atoms with van der Waals surface area (Å²) in [7, 11) is 0. The second-order valence-corrected chi connectivity index (χ2v) is 7.93. The summed E-state index contributed by atoms with van der Waals surface area (Å²) in [6.07, 6.45) is 4.29. The molecule has 3 aliphatic heterocycles. The van der Waals surface area contributed by atoms with E-state index < -0.39 is 5.60 Å². The van der Waals surface area contributed by atoms with Crippen molar-refractivity contribution >= 4 is 18.3 Å². The Morgan fingerprint density at radius 3 is 2.70 bits per heavy atom. The number of morpholine rings is 1. The third-order valence-electron chi connectivity index (χ3n) is 6.18. The molecule has 5 rings (SSSR count). The molecule has 0 saturated carbocycles. The van der Waals surface area contributed by atoms with Gasteiger partial charge in [0, 0.05) is 31.4 Å². The molecule has 0 aliphatic carbocycles. The topological polar surface area (TPSA) is 76.6 Å². The highest BCUT2D eigenvalue weighted by Gasteiger charge is 2.44. The minimum Gasteiger partial charge on any atom is -0.378 e. The molecule has 30 heavy (non-hydrogen) atoms. The number of nitrogens with zero attached hydrogens (tertiary/aromatic N) is 3. The van der Waals surface area contributed by atoms with Gasteiger partial charge in [0.2, 0.25) is 5.91 Å². The summed E-state index contributed by atoms with van der Waals surface area (Å²) in [6.45, 7) is 3.85. The van der Waals surface area contributed by atoms with Gasteiger partial charge in [-0.25, -0.2) is 9.97 Å². The Hall–Kier alpha value is -2.06. The minimum atomic E-state index is -0.423. The molecule has 1 aromatic carbocycles. The third-order valence-corrected chi connectivity index (χ3v) is 6.18. The normalized spacial score (nSPS) is 22.8. The van der Waals surface area contributed by atoms with Crippen molar-refractivity contribution in [3.8, 4) is 11.4 Å². The highest BCUT2D eigenvalue weighted by atomic mass is 35.5. The predicted octanol–water partition coefficient (Wildman–Crippen LogP) is 1.94. The first-order valence-corrected chi connectivity index (χ1v) is 10.4. The van der Waals surface area contributed by atoms with Gasteiger partial charge < -0.3 is 19.7 Å². The Morgan fingerprint density at radius 1 is 1.17 bits per heavy atom. The number of rotatable bonds is 2. The summed E-state index contributed by atoms with van der Waals surface area (Å²) in [5.74, 6) is 0.861. The lowest BCUT2D eigenvalue weighted by atomic mass is 9.83. The van der Waals surface area contributed by atoms with E-state index in [1.807, 2.05) is 41.4 Å². The van der Waals surface area contributed by atoms with E-state index in [1.165, 1.54) is 0 Å². The Bertz CT molecular complexity index is 881. The number of hydrogen-bond acceptors (Lipinski definition) is 6. The Morgan fingerprint density at radius 2 is 1.97 bits per heavy atom. The van der Waals surface area contributed by atoms with Crippen LogP contribution in [0.25, 0.3) is 11.4 Å². The molecule has 160 valence electrons. The number of ether oxygens (including phenoxy) is 2. The Kier molecular flexibility index (Phi) is 6.34. The summed E-state index contributed by atoms with van der Waals surface area (Å²) in [4.78, 5) is 24.3. The van der Waals surface area contributed by atoms with Crippen LogP contribution in [0.3, 0.4) is 0 Å². The predicted molar refractivity (Wildman–Crippen MR) is 114 cm³/mol. The average Bonchev–Trinajstić information content (AvgIpc) is 2.80. The summed E-state index contributed by atoms with van der Waals surface area (Å²) in [5.41, 5.74) is 2.75. The number of hydrogen-bond donors (Lipinski definition) is 1. The third kappa shape index (κ3) is 3.95. The van der Waals surface area contributed by atoms with Crippen molar-refractivity contribution in [2.45, 2.75) is 30.9 Å². The number of carbonyl (C=O) groups excluding carboxylic acids is 1. The summed E-state index contributed by atoms with van der Waals surface area (Å²) >= 11 is 0. The maximum atomic E-state index is 12.8. The van der Waals surface area contributed by atoms with E-state index >= 15 is 0 Å². The number of halogens is 1. The van der Waals surface area contributed by atoms with Crippen molar-refractivity contribution in [1.29, 1.82) is 0 Å². The lowest BCUT2D eigenvalue weighted by molar-refractivity contribution is -0.145. The number of nitrogens with one attached hydrogen (secondary N) is 1. The van der Waals surface area contributed by atoms with Crippen LogP contribution in [-0.2, 0) is 26.3 Å². The molecule has 0 bridgehead atoms. The first-order chi connectivity index (χ1) is 14.3. The van der Waals surface area contributed by atoms with Gasteiger partial charge in [-0.15, -0.1) is 12.4 Å². The number of benzene rings is 1. The number of fused-ring (bicyclic) bond motifs is 2. The first-order valence-electron chi connectivity index (χ1n) is 10.4. The molecule has 3 aliphatic rings. The average molecular weight is 431 g/mol. The molecule has 2 fully saturated rings. The van der Waals surface area contributed by atoms with E-state index in [4.69, 9.17) is 14.5 Å². The van der Waals surface area contributed by atoms with Gasteiger partial charge in [-0.3, -0.25) is 4.79 Å². The van der Waals surface area contributed by atoms with Crippen molar-refractivity contribution in [1.82, 2.24) is 20.2 Å². The lowest BCUT2D eigenvalue weighted by Crippen LogP contribution is -2.56. The van der Waals surface area contributed by atoms with Gasteiger partial charge in [0.1, 0.15) is 11.6 Å². The molecule has 1 spiro atoms. The van der Waals surface area contributed by atoms with Crippen LogP contribution in [0, 0.1) is 0 Å². The maximum absolute atomic E-state index is 12.8. The molecular weight excluding hydrogens is 404 g/mol. The molecule has 0 unspecified atom stereocenters. The van der Waals surface area contributed by atoms with E-state index in [0.29, 0.717) is 32.9 Å². The van der Waals surface area contributed by atoms with Crippen LogP contribution in [0.2, 0.25) is 0 Å². The van der Waals surface area contributed by atoms with Gasteiger partial charge in [-0.2, -0.15) is 0 Å². The van der Waals surface area contributed by atoms with Crippen molar-refractivity contribution in [2.24, 2.45) is 0 Å². The molecular formula is C22H27ClN4O3. The maximum Gasteiger partial charge on any atom is 0.242 e. The fraction of sp³-hybridized carbons (Fsp3) is 0.500. The van der Waals surface area contributed by atoms with Crippen molar-refractivity contribution in [3.63, 3.8) is 0 Å². The fourth-order valence-electron chi connectivity index (χ4n) is 4.55. The molecule has 1 aromatic heterocycles. The molecule has 4 heterocycles. The molecule has 1 atom stereocenters. The molecule has 7 nitrogen and oxygen atoms in total. The van der Waals surface area contributed by atoms with Gasteiger partial charge in [0.05, 0.1) is 25.5 Å². The molecule has 1 amide bonds. The van der Waals surface area contributed by atoms with E-state index in [2.05, 4.69) is 10.3 Å². The number of likely N-dealkylation sites (tertiary alicyclic amines) is 1. The van der Waals surface area contributed by atoms with Crippen LogP contribution in [0.4, 0.5) is 0 Å². The van der Waals surface area contributed by atoms with Crippen molar-refractivity contribution in [3.05, 3.63) is 47.8 Å². The molecule has 8 heteroatoms. The zero-order valence-electron chi connectivity index (χ0n) is 16.9. The van der Waals surface area contributed by atoms with Crippen LogP contribution >= 0.6 is 12.4 Å². The number of piperidine rings is 1. The first kappa shape index (κ1) is 21.2. The van der Waals surface area contributed by atoms with Gasteiger partial charge in [-0.05, 0) is 24.8 Å². The summed E-state index contributed by atoms with van der Waals surface area (Å²) in [5, 5.41) is 3.26. The van der Waals surface area contributed by atoms with Gasteiger partial charge in [0.25, 0.3) is 0 Å². The number of aromatic nitrogens is 2. The Labute approximate surface area is 182 Å². The SMILES string of the molecule is Cl.O=C([C@H]1COCCN1)N1CCC2(CC1)OCCc1cnc(-c3ccccc3)nc12. The number of carbonyl (C=O) groups is 1. The fourth-order valence-corrected chi connectivity index (χ4v) is 4.55. The minimum absolute atomic E-state index is 0. The van der Waals surface area contributed by atoms with Crippen LogP contribution in [0.5, 0.6) is 0 Å². The van der Waals surface area contributed by atoms with E-state index in [1.54, 1.807) is 0 Å². The Balaban J connectivity index is 0.00000218. The van der Waals surface area contributed by atoms with Gasteiger partial charge in [-0.1, -0.05) is 30.3 Å². The molecule has 0 radical (unpaired) electrons. The lowest BCUT2D eigenvalue weighted by Gasteiger charge is -2.44. The molecule has 2 saturated heterocycles. The van der Waals surface area contributed by atoms with Crippen LogP contribution in [0.1, 0.15) is 24.1 Å². The summed E-state index contributed by atoms with van der Waals surface area (Å²) in [6, 6.07) is 9.81. The quantitative estimate of drug-likeness (QED) is 0.784. The zero-order valence-corrected chi connectivity index (χ0v) is 17.7. The standard InChI is InChI=1S/C22H26N4O3.ClH/c27-21(18-15-28-13-9-23-18)26-10-7-22(8-11-26)19-17(6-12-29-22)14-24-20(25-19)16-4-2-1-3-5-16;/h1-5,14,18,23H,6-13,15H2;1H/t18-;/m1./s1. The van der Waals surface area contributed by atoms with Crippen LogP contribution in [-0.4, -0.2) is 66.3 Å². The largest absolute Gasteiger partial charge is 0.378 e. The van der Waals surface area contributed by atoms with Crippen molar-refractivity contribution in [2.75, 3.05) is 39.5 Å². The van der Waals surface area contributed by atoms with Gasteiger partial charge in [0.15, 0.2) is 5.82 Å². The molecule has 1 N–H and O–H groups in total. The van der Waals surface area contributed by atoms with E-state index in [0.717, 1.165) is 48.5 Å².